The molecule has 3 heteroatoms. The summed E-state index contributed by atoms with van der Waals surface area (Å²) in [6, 6.07) is 17.0. The van der Waals surface area contributed by atoms with E-state index >= 15 is 0 Å². The SMILES string of the molecule is Cc1cc[c]c(-n2nnc3ccccc32)c1. The number of rotatable bonds is 1. The Morgan fingerprint density at radius 3 is 2.94 bits per heavy atom. The van der Waals surface area contributed by atoms with Gasteiger partial charge >= 0.3 is 0 Å². The van der Waals surface area contributed by atoms with Crippen molar-refractivity contribution in [1.82, 2.24) is 15.0 Å². The molecule has 3 nitrogen and oxygen atoms in total. The number of hydrogen-bond acceptors (Lipinski definition) is 2. The zero-order valence-electron chi connectivity index (χ0n) is 8.88. The summed E-state index contributed by atoms with van der Waals surface area (Å²) < 4.78 is 1.81. The molecule has 0 N–H and O–H groups in total. The Morgan fingerprint density at radius 2 is 2.06 bits per heavy atom. The van der Waals surface area contributed by atoms with Crippen LogP contribution >= 0.6 is 0 Å². The Labute approximate surface area is 93.3 Å². The van der Waals surface area contributed by atoms with Gasteiger partial charge in [-0.1, -0.05) is 29.5 Å². The summed E-state index contributed by atoms with van der Waals surface area (Å²) in [7, 11) is 0. The first kappa shape index (κ1) is 9.09. The van der Waals surface area contributed by atoms with E-state index in [-0.39, 0.29) is 0 Å². The Bertz CT molecular complexity index is 640. The lowest BCUT2D eigenvalue weighted by molar-refractivity contribution is 0.822. The Morgan fingerprint density at radius 1 is 1.19 bits per heavy atom. The van der Waals surface area contributed by atoms with Gasteiger partial charge in [0.25, 0.3) is 0 Å². The summed E-state index contributed by atoms with van der Waals surface area (Å²) in [6.45, 7) is 2.05. The molecule has 1 heterocycles. The summed E-state index contributed by atoms with van der Waals surface area (Å²) in [4.78, 5) is 0. The normalized spacial score (nSPS) is 10.8. The lowest BCUT2D eigenvalue weighted by Gasteiger charge is -2.01. The zero-order chi connectivity index (χ0) is 11.0. The van der Waals surface area contributed by atoms with Crippen LogP contribution in [0.3, 0.4) is 0 Å². The molecular weight excluding hydrogens is 198 g/mol. The van der Waals surface area contributed by atoms with Gasteiger partial charge in [0.15, 0.2) is 0 Å². The van der Waals surface area contributed by atoms with Crippen molar-refractivity contribution in [2.75, 3.05) is 0 Å². The first-order valence-corrected chi connectivity index (χ1v) is 5.14. The van der Waals surface area contributed by atoms with Crippen LogP contribution in [0.25, 0.3) is 16.7 Å². The van der Waals surface area contributed by atoms with E-state index in [4.69, 9.17) is 0 Å². The largest absolute Gasteiger partial charge is 0.212 e. The molecule has 1 aromatic heterocycles. The summed E-state index contributed by atoms with van der Waals surface area (Å²) in [5.41, 5.74) is 4.02. The molecule has 0 atom stereocenters. The highest BCUT2D eigenvalue weighted by molar-refractivity contribution is 5.75. The van der Waals surface area contributed by atoms with Crippen LogP contribution in [0.2, 0.25) is 0 Å². The van der Waals surface area contributed by atoms with Crippen LogP contribution in [0.1, 0.15) is 5.56 Å². The fraction of sp³-hybridized carbons (Fsp3) is 0.0769. The first-order chi connectivity index (χ1) is 7.84. The molecule has 0 bridgehead atoms. The smallest absolute Gasteiger partial charge is 0.113 e. The fourth-order valence-electron chi connectivity index (χ4n) is 1.73. The molecule has 3 rings (SSSR count). The molecule has 0 saturated heterocycles. The third-order valence-corrected chi connectivity index (χ3v) is 2.52. The van der Waals surface area contributed by atoms with Crippen LogP contribution < -0.4 is 0 Å². The topological polar surface area (TPSA) is 30.7 Å². The number of benzene rings is 2. The molecular formula is C13H10N3. The second-order valence-electron chi connectivity index (χ2n) is 3.74. The minimum Gasteiger partial charge on any atom is -0.212 e. The van der Waals surface area contributed by atoms with Crippen LogP contribution in [0.5, 0.6) is 0 Å². The van der Waals surface area contributed by atoms with Gasteiger partial charge in [0.2, 0.25) is 0 Å². The standard InChI is InChI=1S/C13H10N3/c1-10-5-4-6-11(9-10)16-13-8-3-2-7-12(13)14-15-16/h2-5,7-9H,1H3. The molecule has 2 aromatic carbocycles. The Hall–Kier alpha value is -2.16. The quantitative estimate of drug-likeness (QED) is 0.615. The van der Waals surface area contributed by atoms with Crippen LogP contribution in [0.15, 0.2) is 42.5 Å². The Kier molecular flexibility index (Phi) is 1.96. The second kappa shape index (κ2) is 3.45. The van der Waals surface area contributed by atoms with Crippen molar-refractivity contribution in [3.8, 4) is 5.69 Å². The molecule has 0 spiro atoms. The van der Waals surface area contributed by atoms with Crippen molar-refractivity contribution < 1.29 is 0 Å². The van der Waals surface area contributed by atoms with E-state index in [1.54, 1.807) is 0 Å². The Balaban J connectivity index is 2.26. The number of hydrogen-bond donors (Lipinski definition) is 0. The van der Waals surface area contributed by atoms with Gasteiger partial charge in [-0.05, 0) is 30.7 Å². The molecule has 0 aliphatic rings. The molecule has 0 amide bonds. The summed E-state index contributed by atoms with van der Waals surface area (Å²) in [5.74, 6) is 0. The van der Waals surface area contributed by atoms with Gasteiger partial charge in [0.1, 0.15) is 5.52 Å². The predicted octanol–water partition coefficient (Wildman–Crippen LogP) is 2.53. The highest BCUT2D eigenvalue weighted by atomic mass is 15.4. The van der Waals surface area contributed by atoms with Gasteiger partial charge in [0, 0.05) is 6.07 Å². The highest BCUT2D eigenvalue weighted by Crippen LogP contribution is 2.15. The van der Waals surface area contributed by atoms with Crippen molar-refractivity contribution in [3.63, 3.8) is 0 Å². The molecule has 0 aliphatic heterocycles. The van der Waals surface area contributed by atoms with Gasteiger partial charge in [-0.15, -0.1) is 5.10 Å². The molecule has 77 valence electrons. The maximum Gasteiger partial charge on any atom is 0.113 e. The number of fused-ring (bicyclic) bond motifs is 1. The van der Waals surface area contributed by atoms with Crippen LogP contribution in [-0.2, 0) is 0 Å². The van der Waals surface area contributed by atoms with Crippen LogP contribution in [-0.4, -0.2) is 15.0 Å². The van der Waals surface area contributed by atoms with Crippen LogP contribution in [0.4, 0.5) is 0 Å². The van der Waals surface area contributed by atoms with Crippen molar-refractivity contribution in [1.29, 1.82) is 0 Å². The maximum absolute atomic E-state index is 4.14. The van der Waals surface area contributed by atoms with Crippen molar-refractivity contribution in [2.24, 2.45) is 0 Å². The second-order valence-corrected chi connectivity index (χ2v) is 3.74. The highest BCUT2D eigenvalue weighted by Gasteiger charge is 2.05. The molecule has 3 aromatic rings. The number of para-hydroxylation sites is 1. The van der Waals surface area contributed by atoms with E-state index in [1.807, 2.05) is 47.1 Å². The molecule has 16 heavy (non-hydrogen) atoms. The van der Waals surface area contributed by atoms with E-state index in [9.17, 15) is 0 Å². The number of aryl methyl sites for hydroxylation is 1. The predicted molar refractivity (Wildman–Crippen MR) is 62.4 cm³/mol. The van der Waals surface area contributed by atoms with E-state index in [2.05, 4.69) is 23.3 Å². The van der Waals surface area contributed by atoms with E-state index < -0.39 is 0 Å². The van der Waals surface area contributed by atoms with Gasteiger partial charge < -0.3 is 0 Å². The lowest BCUT2D eigenvalue weighted by atomic mass is 10.2. The van der Waals surface area contributed by atoms with E-state index in [1.165, 1.54) is 5.56 Å². The molecule has 0 unspecified atom stereocenters. The van der Waals surface area contributed by atoms with Crippen LogP contribution in [0, 0.1) is 13.0 Å². The third-order valence-electron chi connectivity index (χ3n) is 2.52. The number of aromatic nitrogens is 3. The van der Waals surface area contributed by atoms with Gasteiger partial charge in [-0.2, -0.15) is 0 Å². The van der Waals surface area contributed by atoms with Gasteiger partial charge in [-0.25, -0.2) is 4.68 Å². The van der Waals surface area contributed by atoms with E-state index in [0.29, 0.717) is 0 Å². The molecule has 0 saturated carbocycles. The average molecular weight is 208 g/mol. The monoisotopic (exact) mass is 208 g/mol. The van der Waals surface area contributed by atoms with Crippen molar-refractivity contribution in [2.45, 2.75) is 6.92 Å². The van der Waals surface area contributed by atoms with Crippen molar-refractivity contribution in [3.05, 3.63) is 54.1 Å². The number of nitrogens with zero attached hydrogens (tertiary/aromatic N) is 3. The molecule has 0 aliphatic carbocycles. The summed E-state index contributed by atoms with van der Waals surface area (Å²) in [6.07, 6.45) is 0. The molecule has 0 fully saturated rings. The minimum atomic E-state index is 0.900. The van der Waals surface area contributed by atoms with Gasteiger partial charge in [0.05, 0.1) is 11.2 Å². The zero-order valence-corrected chi connectivity index (χ0v) is 8.88. The molecule has 1 radical (unpaired) electrons. The van der Waals surface area contributed by atoms with Crippen molar-refractivity contribution >= 4 is 11.0 Å². The third kappa shape index (κ3) is 1.37. The lowest BCUT2D eigenvalue weighted by Crippen LogP contribution is -1.96. The fourth-order valence-corrected chi connectivity index (χ4v) is 1.73. The summed E-state index contributed by atoms with van der Waals surface area (Å²) in [5, 5.41) is 8.26. The van der Waals surface area contributed by atoms with E-state index in [0.717, 1.165) is 16.7 Å². The first-order valence-electron chi connectivity index (χ1n) is 5.14. The summed E-state index contributed by atoms with van der Waals surface area (Å²) >= 11 is 0. The maximum atomic E-state index is 4.14. The average Bonchev–Trinajstić information content (AvgIpc) is 2.72. The van der Waals surface area contributed by atoms with Gasteiger partial charge in [-0.3, -0.25) is 0 Å². The minimum absolute atomic E-state index is 0.900.